The molecular weight excluding hydrogens is 382 g/mol. The van der Waals surface area contributed by atoms with Crippen LogP contribution in [0.25, 0.3) is 16.1 Å². The summed E-state index contributed by atoms with van der Waals surface area (Å²) in [6.45, 7) is 1.73. The molecule has 144 valence electrons. The quantitative estimate of drug-likeness (QED) is 0.383. The van der Waals surface area contributed by atoms with Crippen LogP contribution >= 0.6 is 0 Å². The van der Waals surface area contributed by atoms with E-state index in [1.165, 1.54) is 16.6 Å². The van der Waals surface area contributed by atoms with Gasteiger partial charge in [-0.2, -0.15) is 0 Å². The lowest BCUT2D eigenvalue weighted by molar-refractivity contribution is -0.117. The largest absolute Gasteiger partial charge is 0.370 e. The number of aryl methyl sites for hydroxylation is 2. The van der Waals surface area contributed by atoms with Crippen LogP contribution in [0.2, 0.25) is 0 Å². The van der Waals surface area contributed by atoms with Gasteiger partial charge in [-0.05, 0) is 42.2 Å². The zero-order valence-electron chi connectivity index (χ0n) is 15.2. The van der Waals surface area contributed by atoms with Crippen molar-refractivity contribution in [2.75, 3.05) is 12.4 Å². The van der Waals surface area contributed by atoms with E-state index in [4.69, 9.17) is 5.53 Å². The molecule has 11 heteroatoms. The Balaban J connectivity index is 2.19. The molecule has 1 N–H and O–H groups in total. The normalized spacial score (nSPS) is 11.2. The van der Waals surface area contributed by atoms with Gasteiger partial charge in [-0.3, -0.25) is 4.79 Å². The van der Waals surface area contributed by atoms with Gasteiger partial charge in [0.2, 0.25) is 15.7 Å². The molecule has 0 aliphatic heterocycles. The van der Waals surface area contributed by atoms with Crippen LogP contribution in [0.1, 0.15) is 17.8 Å². The average molecular weight is 399 g/mol. The van der Waals surface area contributed by atoms with Crippen LogP contribution in [0, 0.1) is 6.92 Å². The summed E-state index contributed by atoms with van der Waals surface area (Å²) in [6.07, 6.45) is 0.186. The van der Waals surface area contributed by atoms with Gasteiger partial charge >= 0.3 is 0 Å². The van der Waals surface area contributed by atoms with Crippen LogP contribution < -0.4 is 5.32 Å². The molecule has 0 aliphatic rings. The summed E-state index contributed by atoms with van der Waals surface area (Å²) in [4.78, 5) is 18.5. The standard InChI is InChI=1S/C17H17N7O3S/c1-11-10-12(8-9-14(25)21-23-18)24-17(20-11)15(16(19-2)22-24)28(26,27)13-6-4-3-5-7-13/h3-7,10H,8-9H2,1-2H3,(H,19,22). The minimum absolute atomic E-state index is 0.0296. The number of sulfone groups is 1. The summed E-state index contributed by atoms with van der Waals surface area (Å²) in [5.74, 6) is -0.451. The number of hydrogen-bond acceptors (Lipinski definition) is 6. The van der Waals surface area contributed by atoms with E-state index in [0.29, 0.717) is 11.4 Å². The third-order valence-electron chi connectivity index (χ3n) is 4.06. The van der Waals surface area contributed by atoms with Gasteiger partial charge in [0.1, 0.15) is 0 Å². The zero-order valence-corrected chi connectivity index (χ0v) is 16.0. The van der Waals surface area contributed by atoms with Crippen molar-refractivity contribution in [3.05, 3.63) is 58.2 Å². The molecule has 0 spiro atoms. The first kappa shape index (κ1) is 19.3. The highest BCUT2D eigenvalue weighted by Crippen LogP contribution is 2.31. The monoisotopic (exact) mass is 399 g/mol. The number of nitrogens with zero attached hydrogens (tertiary/aromatic N) is 6. The van der Waals surface area contributed by atoms with Gasteiger partial charge in [0.25, 0.3) is 0 Å². The Morgan fingerprint density at radius 3 is 2.68 bits per heavy atom. The van der Waals surface area contributed by atoms with E-state index in [1.54, 1.807) is 38.2 Å². The van der Waals surface area contributed by atoms with Crippen LogP contribution in [0.5, 0.6) is 0 Å². The number of anilines is 1. The molecule has 1 aromatic carbocycles. The van der Waals surface area contributed by atoms with Gasteiger partial charge in [0.05, 0.1) is 4.90 Å². The predicted octanol–water partition coefficient (Wildman–Crippen LogP) is 2.68. The maximum absolute atomic E-state index is 13.2. The number of amides is 1. The lowest BCUT2D eigenvalue weighted by Crippen LogP contribution is -2.07. The molecule has 0 bridgehead atoms. The molecule has 0 radical (unpaired) electrons. The third-order valence-corrected chi connectivity index (χ3v) is 5.87. The van der Waals surface area contributed by atoms with Crippen LogP contribution in [0.4, 0.5) is 5.82 Å². The first-order valence-electron chi connectivity index (χ1n) is 8.33. The maximum atomic E-state index is 13.2. The Kier molecular flexibility index (Phi) is 5.30. The van der Waals surface area contributed by atoms with Crippen molar-refractivity contribution in [3.63, 3.8) is 0 Å². The molecule has 0 saturated heterocycles. The lowest BCUT2D eigenvalue weighted by atomic mass is 10.2. The Morgan fingerprint density at radius 1 is 1.32 bits per heavy atom. The first-order chi connectivity index (χ1) is 13.4. The highest BCUT2D eigenvalue weighted by atomic mass is 32.2. The van der Waals surface area contributed by atoms with E-state index >= 15 is 0 Å². The van der Waals surface area contributed by atoms with Crippen molar-refractivity contribution in [3.8, 4) is 0 Å². The molecular formula is C17H17N7O3S. The van der Waals surface area contributed by atoms with E-state index in [2.05, 4.69) is 25.4 Å². The second-order valence-electron chi connectivity index (χ2n) is 5.95. The summed E-state index contributed by atoms with van der Waals surface area (Å²) in [5, 5.41) is 10.2. The zero-order chi connectivity index (χ0) is 20.3. The number of nitrogens with one attached hydrogen (secondary N) is 1. The van der Waals surface area contributed by atoms with Gasteiger partial charge in [-0.1, -0.05) is 18.2 Å². The van der Waals surface area contributed by atoms with Crippen LogP contribution in [0.15, 0.2) is 51.3 Å². The Morgan fingerprint density at radius 2 is 2.04 bits per heavy atom. The summed E-state index contributed by atoms with van der Waals surface area (Å²) < 4.78 is 27.8. The third kappa shape index (κ3) is 3.53. The number of benzene rings is 1. The first-order valence-corrected chi connectivity index (χ1v) is 9.82. The highest BCUT2D eigenvalue weighted by molar-refractivity contribution is 7.91. The molecule has 0 atom stereocenters. The van der Waals surface area contributed by atoms with Gasteiger partial charge in [-0.15, -0.1) is 5.10 Å². The van der Waals surface area contributed by atoms with Gasteiger partial charge in [-0.25, -0.2) is 17.9 Å². The van der Waals surface area contributed by atoms with Gasteiger partial charge < -0.3 is 5.32 Å². The fraction of sp³-hybridized carbons (Fsp3) is 0.235. The smallest absolute Gasteiger partial charge is 0.219 e. The van der Waals surface area contributed by atoms with Gasteiger partial charge in [0, 0.05) is 29.8 Å². The van der Waals surface area contributed by atoms with Crippen molar-refractivity contribution >= 4 is 27.2 Å². The maximum Gasteiger partial charge on any atom is 0.219 e. The summed E-state index contributed by atoms with van der Waals surface area (Å²) in [5.41, 5.74) is 9.67. The van der Waals surface area contributed by atoms with Crippen molar-refractivity contribution in [2.45, 2.75) is 29.6 Å². The van der Waals surface area contributed by atoms with Crippen molar-refractivity contribution in [1.29, 1.82) is 0 Å². The second-order valence-corrected chi connectivity index (χ2v) is 7.84. The molecule has 3 aromatic rings. The Labute approximate surface area is 160 Å². The molecule has 1 amide bonds. The molecule has 0 unspecified atom stereocenters. The molecule has 10 nitrogen and oxygen atoms in total. The number of aromatic nitrogens is 3. The molecule has 0 aliphatic carbocycles. The molecule has 3 rings (SSSR count). The molecule has 0 fully saturated rings. The molecule has 0 saturated carbocycles. The highest BCUT2D eigenvalue weighted by Gasteiger charge is 2.29. The second kappa shape index (κ2) is 7.67. The number of rotatable bonds is 6. The minimum atomic E-state index is -3.88. The number of fused-ring (bicyclic) bond motifs is 1. The fourth-order valence-electron chi connectivity index (χ4n) is 2.84. The Bertz CT molecular complexity index is 1200. The predicted molar refractivity (Wildman–Crippen MR) is 102 cm³/mol. The average Bonchev–Trinajstić information content (AvgIpc) is 3.06. The summed E-state index contributed by atoms with van der Waals surface area (Å²) >= 11 is 0. The molecule has 2 heterocycles. The number of carbonyl (C=O) groups excluding carboxylic acids is 1. The van der Waals surface area contributed by atoms with E-state index in [0.717, 1.165) is 0 Å². The number of hydrogen-bond donors (Lipinski definition) is 1. The van der Waals surface area contributed by atoms with Crippen molar-refractivity contribution in [1.82, 2.24) is 14.6 Å². The summed E-state index contributed by atoms with van der Waals surface area (Å²) in [7, 11) is -2.31. The van der Waals surface area contributed by atoms with Crippen LogP contribution in [-0.4, -0.2) is 36.0 Å². The minimum Gasteiger partial charge on any atom is -0.370 e. The fourth-order valence-corrected chi connectivity index (χ4v) is 4.36. The Hall–Kier alpha value is -3.43. The van der Waals surface area contributed by atoms with E-state index < -0.39 is 15.7 Å². The van der Waals surface area contributed by atoms with Crippen molar-refractivity contribution < 1.29 is 13.2 Å². The number of carbonyl (C=O) groups is 1. The van der Waals surface area contributed by atoms with Crippen molar-refractivity contribution in [2.24, 2.45) is 5.11 Å². The molecule has 2 aromatic heterocycles. The van der Waals surface area contributed by atoms with Gasteiger partial charge in [0.15, 0.2) is 16.4 Å². The molecule has 28 heavy (non-hydrogen) atoms. The summed E-state index contributed by atoms with van der Waals surface area (Å²) in [6, 6.07) is 9.74. The van der Waals surface area contributed by atoms with E-state index in [-0.39, 0.29) is 34.1 Å². The SMILES string of the molecule is CNc1nn2c(CCC(=O)N=[N+]=[N-])cc(C)nc2c1S(=O)(=O)c1ccccc1. The van der Waals surface area contributed by atoms with Crippen LogP contribution in [-0.2, 0) is 21.1 Å². The topological polar surface area (TPSA) is 142 Å². The number of azide groups is 1. The van der Waals surface area contributed by atoms with Crippen LogP contribution in [0.3, 0.4) is 0 Å². The van der Waals surface area contributed by atoms with E-state index in [1.807, 2.05) is 0 Å². The van der Waals surface area contributed by atoms with E-state index in [9.17, 15) is 13.2 Å². The lowest BCUT2D eigenvalue weighted by Gasteiger charge is -2.07.